The molecule has 7 heteroatoms. The summed E-state index contributed by atoms with van der Waals surface area (Å²) >= 11 is 6.57. The Balaban J connectivity index is 2.61. The van der Waals surface area contributed by atoms with Crippen LogP contribution in [0.4, 0.5) is 0 Å². The molecule has 130 valence electrons. The molecule has 1 aromatic heterocycles. The lowest BCUT2D eigenvalue weighted by Crippen LogP contribution is -2.28. The third-order valence-corrected chi connectivity index (χ3v) is 5.70. The zero-order valence-electron chi connectivity index (χ0n) is 13.8. The SMILES string of the molecule is C=CCn1cc([C@H](C#N)[C@]2(C(=O)O)[C@@H](C=C(Br)Br)C2(C)C)cc1C#N. The Bertz CT molecular complexity index is 837. The van der Waals surface area contributed by atoms with Gasteiger partial charge in [0, 0.05) is 18.7 Å². The van der Waals surface area contributed by atoms with E-state index < -0.39 is 22.7 Å². The molecule has 0 aromatic carbocycles. The number of carboxylic acid groups (broad SMARTS) is 1. The number of nitrogens with zero attached hydrogens (tertiary/aromatic N) is 3. The van der Waals surface area contributed by atoms with Crippen LogP contribution in [0, 0.1) is 39.4 Å². The third-order valence-electron chi connectivity index (χ3n) is 5.17. The van der Waals surface area contributed by atoms with E-state index >= 15 is 0 Å². The van der Waals surface area contributed by atoms with Crippen LogP contribution in [-0.2, 0) is 11.3 Å². The Morgan fingerprint density at radius 2 is 2.16 bits per heavy atom. The fraction of sp³-hybridized carbons (Fsp3) is 0.389. The van der Waals surface area contributed by atoms with Crippen molar-refractivity contribution < 1.29 is 9.90 Å². The van der Waals surface area contributed by atoms with Gasteiger partial charge in [-0.2, -0.15) is 10.5 Å². The van der Waals surface area contributed by atoms with E-state index in [-0.39, 0.29) is 5.92 Å². The number of hydrogen-bond donors (Lipinski definition) is 1. The zero-order chi connectivity index (χ0) is 19.0. The zero-order valence-corrected chi connectivity index (χ0v) is 17.0. The second kappa shape index (κ2) is 6.82. The van der Waals surface area contributed by atoms with Crippen LogP contribution in [0.1, 0.15) is 31.0 Å². The lowest BCUT2D eigenvalue weighted by atomic mass is 9.79. The maximum Gasteiger partial charge on any atom is 0.312 e. The summed E-state index contributed by atoms with van der Waals surface area (Å²) in [5.41, 5.74) is -0.957. The third kappa shape index (κ3) is 2.86. The Kier molecular flexibility index (Phi) is 5.32. The summed E-state index contributed by atoms with van der Waals surface area (Å²) in [6.07, 6.45) is 5.11. The Hall–Kier alpha value is -1.83. The number of aliphatic carboxylic acids is 1. The maximum atomic E-state index is 12.3. The average molecular weight is 467 g/mol. The van der Waals surface area contributed by atoms with Gasteiger partial charge in [-0.1, -0.05) is 26.0 Å². The summed E-state index contributed by atoms with van der Waals surface area (Å²) in [6, 6.07) is 5.85. The molecule has 1 aliphatic carbocycles. The number of carboxylic acids is 1. The number of aromatic nitrogens is 1. The quantitative estimate of drug-likeness (QED) is 0.624. The Morgan fingerprint density at radius 1 is 1.52 bits per heavy atom. The highest BCUT2D eigenvalue weighted by Gasteiger charge is 2.78. The van der Waals surface area contributed by atoms with Gasteiger partial charge >= 0.3 is 5.97 Å². The summed E-state index contributed by atoms with van der Waals surface area (Å²) in [4.78, 5) is 12.3. The van der Waals surface area contributed by atoms with Crippen molar-refractivity contribution in [2.45, 2.75) is 26.3 Å². The topological polar surface area (TPSA) is 89.8 Å². The van der Waals surface area contributed by atoms with E-state index in [9.17, 15) is 20.4 Å². The minimum Gasteiger partial charge on any atom is -0.481 e. The highest BCUT2D eigenvalue weighted by atomic mass is 79.9. The van der Waals surface area contributed by atoms with Gasteiger partial charge in [0.15, 0.2) is 0 Å². The van der Waals surface area contributed by atoms with Gasteiger partial charge in [0.2, 0.25) is 0 Å². The summed E-state index contributed by atoms with van der Waals surface area (Å²) in [5.74, 6) is -2.22. The van der Waals surface area contributed by atoms with Crippen LogP contribution < -0.4 is 0 Å². The Labute approximate surface area is 163 Å². The number of rotatable bonds is 6. The van der Waals surface area contributed by atoms with Gasteiger partial charge in [-0.15, -0.1) is 6.58 Å². The van der Waals surface area contributed by atoms with Crippen LogP contribution in [0.3, 0.4) is 0 Å². The summed E-state index contributed by atoms with van der Waals surface area (Å²) in [7, 11) is 0. The molecular weight excluding hydrogens is 450 g/mol. The number of nitriles is 2. The molecule has 1 N–H and O–H groups in total. The standard InChI is InChI=1S/C18H17Br2N3O2/c1-4-5-23-10-11(6-12(23)8-21)13(9-22)18(16(24)25)14(7-15(19)20)17(18,2)3/h4,6-7,10,13-14H,1,5H2,2-3H3,(H,24,25)/t13-,14-,18+/m0/s1. The van der Waals surface area contributed by atoms with Crippen LogP contribution in [-0.4, -0.2) is 15.6 Å². The van der Waals surface area contributed by atoms with Crippen molar-refractivity contribution in [3.8, 4) is 12.1 Å². The first-order chi connectivity index (χ1) is 11.7. The maximum absolute atomic E-state index is 12.3. The number of allylic oxidation sites excluding steroid dienone is 2. The van der Waals surface area contributed by atoms with E-state index in [1.54, 1.807) is 29.0 Å². The van der Waals surface area contributed by atoms with Crippen molar-refractivity contribution in [3.63, 3.8) is 0 Å². The molecular formula is C18H17Br2N3O2. The molecule has 3 atom stereocenters. The average Bonchev–Trinajstić information content (AvgIpc) is 2.83. The molecule has 1 aromatic rings. The predicted molar refractivity (Wildman–Crippen MR) is 101 cm³/mol. The van der Waals surface area contributed by atoms with E-state index in [1.165, 1.54) is 0 Å². The van der Waals surface area contributed by atoms with Crippen LogP contribution in [0.2, 0.25) is 0 Å². The van der Waals surface area contributed by atoms with Gasteiger partial charge in [0.25, 0.3) is 0 Å². The number of hydrogen-bond acceptors (Lipinski definition) is 3. The molecule has 1 saturated carbocycles. The predicted octanol–water partition coefficient (Wildman–Crippen LogP) is 4.51. The van der Waals surface area contributed by atoms with Crippen LogP contribution in [0.15, 0.2) is 34.4 Å². The molecule has 0 radical (unpaired) electrons. The van der Waals surface area contributed by atoms with Crippen LogP contribution >= 0.6 is 31.9 Å². The number of halogens is 2. The fourth-order valence-corrected chi connectivity index (χ4v) is 4.43. The van der Waals surface area contributed by atoms with Gasteiger partial charge in [-0.3, -0.25) is 4.79 Å². The highest BCUT2D eigenvalue weighted by molar-refractivity contribution is 9.28. The second-order valence-electron chi connectivity index (χ2n) is 6.60. The molecule has 1 aliphatic rings. The van der Waals surface area contributed by atoms with Crippen LogP contribution in [0.25, 0.3) is 0 Å². The molecule has 0 spiro atoms. The first-order valence-electron chi connectivity index (χ1n) is 7.55. The molecule has 2 rings (SSSR count). The fourth-order valence-electron chi connectivity index (χ4n) is 3.90. The first kappa shape index (κ1) is 19.5. The molecule has 1 fully saturated rings. The Morgan fingerprint density at radius 3 is 2.60 bits per heavy atom. The summed E-state index contributed by atoms with van der Waals surface area (Å²) in [6.45, 7) is 7.77. The molecule has 25 heavy (non-hydrogen) atoms. The van der Waals surface area contributed by atoms with Crippen LogP contribution in [0.5, 0.6) is 0 Å². The minimum absolute atomic E-state index is 0.329. The normalized spacial score (nSPS) is 24.5. The van der Waals surface area contributed by atoms with Gasteiger partial charge in [-0.25, -0.2) is 0 Å². The molecule has 0 saturated heterocycles. The number of carbonyl (C=O) groups is 1. The molecule has 5 nitrogen and oxygen atoms in total. The van der Waals surface area contributed by atoms with E-state index in [0.717, 1.165) is 0 Å². The highest BCUT2D eigenvalue weighted by Crippen LogP contribution is 2.75. The summed E-state index contributed by atoms with van der Waals surface area (Å²) < 4.78 is 2.32. The van der Waals surface area contributed by atoms with E-state index in [0.29, 0.717) is 21.2 Å². The molecule has 0 unspecified atom stereocenters. The molecule has 0 amide bonds. The largest absolute Gasteiger partial charge is 0.481 e. The van der Waals surface area contributed by atoms with Gasteiger partial charge in [0.05, 0.1) is 15.4 Å². The monoisotopic (exact) mass is 465 g/mol. The van der Waals surface area contributed by atoms with Crippen molar-refractivity contribution in [1.82, 2.24) is 4.57 Å². The second-order valence-corrected chi connectivity index (χ2v) is 9.38. The smallest absolute Gasteiger partial charge is 0.312 e. The van der Waals surface area contributed by atoms with E-state index in [1.807, 2.05) is 13.8 Å². The van der Waals surface area contributed by atoms with E-state index in [4.69, 9.17) is 0 Å². The van der Waals surface area contributed by atoms with Crippen molar-refractivity contribution in [2.75, 3.05) is 0 Å². The summed E-state index contributed by atoms with van der Waals surface area (Å²) in [5, 5.41) is 29.1. The van der Waals surface area contributed by atoms with Gasteiger partial charge < -0.3 is 9.67 Å². The lowest BCUT2D eigenvalue weighted by molar-refractivity contribution is -0.145. The van der Waals surface area contributed by atoms with Crippen molar-refractivity contribution in [1.29, 1.82) is 10.5 Å². The minimum atomic E-state index is -1.26. The van der Waals surface area contributed by atoms with E-state index in [2.05, 4.69) is 50.6 Å². The lowest BCUT2D eigenvalue weighted by Gasteiger charge is -2.20. The molecule has 1 heterocycles. The van der Waals surface area contributed by atoms with Crippen molar-refractivity contribution in [3.05, 3.63) is 45.6 Å². The van der Waals surface area contributed by atoms with Crippen molar-refractivity contribution >= 4 is 37.8 Å². The molecule has 0 aliphatic heterocycles. The first-order valence-corrected chi connectivity index (χ1v) is 9.13. The van der Waals surface area contributed by atoms with Gasteiger partial charge in [-0.05, 0) is 48.9 Å². The van der Waals surface area contributed by atoms with Crippen molar-refractivity contribution in [2.24, 2.45) is 16.7 Å². The van der Waals surface area contributed by atoms with Gasteiger partial charge in [0.1, 0.15) is 17.2 Å². The molecule has 0 bridgehead atoms.